The SMILES string of the molecule is Cc1cccc(NC(=O)COC(=O)CS[C@@H](C)C(=O)Nc2cc(C)on2)c1. The molecule has 2 aromatic rings. The van der Waals surface area contributed by atoms with E-state index in [0.29, 0.717) is 17.3 Å². The van der Waals surface area contributed by atoms with Crippen molar-refractivity contribution in [3.8, 4) is 0 Å². The fourth-order valence-corrected chi connectivity index (χ4v) is 2.71. The zero-order chi connectivity index (χ0) is 19.8. The maximum Gasteiger partial charge on any atom is 0.316 e. The van der Waals surface area contributed by atoms with E-state index in [9.17, 15) is 14.4 Å². The second-order valence-electron chi connectivity index (χ2n) is 5.84. The van der Waals surface area contributed by atoms with Crippen LogP contribution in [0.4, 0.5) is 11.5 Å². The molecule has 9 heteroatoms. The molecule has 0 aliphatic carbocycles. The lowest BCUT2D eigenvalue weighted by Gasteiger charge is -2.10. The summed E-state index contributed by atoms with van der Waals surface area (Å²) in [7, 11) is 0. The van der Waals surface area contributed by atoms with E-state index in [4.69, 9.17) is 9.26 Å². The van der Waals surface area contributed by atoms with E-state index in [2.05, 4.69) is 15.8 Å². The number of nitrogens with zero attached hydrogens (tertiary/aromatic N) is 1. The highest BCUT2D eigenvalue weighted by Crippen LogP contribution is 2.14. The highest BCUT2D eigenvalue weighted by atomic mass is 32.2. The number of aromatic nitrogens is 1. The molecule has 1 aromatic carbocycles. The molecule has 1 heterocycles. The summed E-state index contributed by atoms with van der Waals surface area (Å²) >= 11 is 1.10. The van der Waals surface area contributed by atoms with E-state index in [1.54, 1.807) is 26.0 Å². The van der Waals surface area contributed by atoms with Gasteiger partial charge in [0.2, 0.25) is 5.91 Å². The Hall–Kier alpha value is -2.81. The molecule has 0 fully saturated rings. The molecule has 2 N–H and O–H groups in total. The van der Waals surface area contributed by atoms with Gasteiger partial charge in [-0.25, -0.2) is 0 Å². The number of benzene rings is 1. The van der Waals surface area contributed by atoms with E-state index in [1.807, 2.05) is 25.1 Å². The molecule has 27 heavy (non-hydrogen) atoms. The molecule has 1 atom stereocenters. The summed E-state index contributed by atoms with van der Waals surface area (Å²) in [6.07, 6.45) is 0. The summed E-state index contributed by atoms with van der Waals surface area (Å²) < 4.78 is 9.79. The maximum absolute atomic E-state index is 12.0. The zero-order valence-electron chi connectivity index (χ0n) is 15.3. The Kier molecular flexibility index (Phi) is 7.42. The van der Waals surface area contributed by atoms with Crippen molar-refractivity contribution in [1.82, 2.24) is 5.16 Å². The van der Waals surface area contributed by atoms with Crippen molar-refractivity contribution in [1.29, 1.82) is 0 Å². The fourth-order valence-electron chi connectivity index (χ4n) is 2.03. The van der Waals surface area contributed by atoms with Crippen molar-refractivity contribution in [3.63, 3.8) is 0 Å². The van der Waals surface area contributed by atoms with Gasteiger partial charge in [0.25, 0.3) is 5.91 Å². The molecule has 144 valence electrons. The number of aryl methyl sites for hydroxylation is 2. The molecule has 0 aliphatic rings. The Balaban J connectivity index is 1.67. The van der Waals surface area contributed by atoms with Crippen molar-refractivity contribution in [3.05, 3.63) is 41.7 Å². The number of hydrogen-bond acceptors (Lipinski definition) is 7. The highest BCUT2D eigenvalue weighted by Gasteiger charge is 2.17. The molecule has 0 bridgehead atoms. The third kappa shape index (κ3) is 7.14. The van der Waals surface area contributed by atoms with Crippen molar-refractivity contribution in [2.24, 2.45) is 0 Å². The number of thioether (sulfide) groups is 1. The number of anilines is 2. The molecule has 2 amide bonds. The van der Waals surface area contributed by atoms with Crippen LogP contribution in [-0.4, -0.2) is 40.6 Å². The average molecular weight is 391 g/mol. The van der Waals surface area contributed by atoms with Gasteiger partial charge in [0.15, 0.2) is 12.4 Å². The minimum absolute atomic E-state index is 0.0514. The number of rotatable bonds is 8. The highest BCUT2D eigenvalue weighted by molar-refractivity contribution is 8.01. The maximum atomic E-state index is 12.0. The summed E-state index contributed by atoms with van der Waals surface area (Å²) in [5.41, 5.74) is 1.65. The van der Waals surface area contributed by atoms with Crippen LogP contribution in [0, 0.1) is 13.8 Å². The lowest BCUT2D eigenvalue weighted by Crippen LogP contribution is -2.25. The molecule has 0 unspecified atom stereocenters. The van der Waals surface area contributed by atoms with Crippen molar-refractivity contribution in [2.45, 2.75) is 26.0 Å². The summed E-state index contributed by atoms with van der Waals surface area (Å²) in [5.74, 6) is -0.455. The molecule has 0 saturated heterocycles. The minimum Gasteiger partial charge on any atom is -0.455 e. The Bertz CT molecular complexity index is 821. The second-order valence-corrected chi connectivity index (χ2v) is 7.17. The number of carbonyl (C=O) groups is 3. The Morgan fingerprint density at radius 1 is 1.22 bits per heavy atom. The topological polar surface area (TPSA) is 111 Å². The smallest absolute Gasteiger partial charge is 0.316 e. The Morgan fingerprint density at radius 3 is 2.67 bits per heavy atom. The van der Waals surface area contributed by atoms with E-state index in [0.717, 1.165) is 17.3 Å². The van der Waals surface area contributed by atoms with Crippen LogP contribution in [0.5, 0.6) is 0 Å². The lowest BCUT2D eigenvalue weighted by molar-refractivity contribution is -0.144. The van der Waals surface area contributed by atoms with E-state index < -0.39 is 17.1 Å². The number of carbonyl (C=O) groups excluding carboxylic acids is 3. The van der Waals surface area contributed by atoms with Crippen LogP contribution in [0.2, 0.25) is 0 Å². The van der Waals surface area contributed by atoms with E-state index in [1.165, 1.54) is 0 Å². The van der Waals surface area contributed by atoms with Crippen molar-refractivity contribution < 1.29 is 23.6 Å². The van der Waals surface area contributed by atoms with Gasteiger partial charge in [-0.15, -0.1) is 11.8 Å². The van der Waals surface area contributed by atoms with Crippen LogP contribution < -0.4 is 10.6 Å². The molecule has 0 aliphatic heterocycles. The number of nitrogens with one attached hydrogen (secondary N) is 2. The Labute approximate surface area is 161 Å². The van der Waals surface area contributed by atoms with E-state index in [-0.39, 0.29) is 18.3 Å². The molecular weight excluding hydrogens is 370 g/mol. The molecule has 1 aromatic heterocycles. The third-order valence-corrected chi connectivity index (χ3v) is 4.48. The summed E-state index contributed by atoms with van der Waals surface area (Å²) in [4.78, 5) is 35.6. The molecule has 0 radical (unpaired) electrons. The van der Waals surface area contributed by atoms with Crippen LogP contribution in [-0.2, 0) is 19.1 Å². The monoisotopic (exact) mass is 391 g/mol. The first-order valence-electron chi connectivity index (χ1n) is 8.21. The molecule has 8 nitrogen and oxygen atoms in total. The third-order valence-electron chi connectivity index (χ3n) is 3.37. The molecule has 0 saturated carbocycles. The molecule has 2 rings (SSSR count). The number of hydrogen-bond donors (Lipinski definition) is 2. The lowest BCUT2D eigenvalue weighted by atomic mass is 10.2. The minimum atomic E-state index is -0.573. The number of ether oxygens (including phenoxy) is 1. The second kappa shape index (κ2) is 9.77. The first-order chi connectivity index (χ1) is 12.8. The van der Waals surface area contributed by atoms with Gasteiger partial charge in [-0.1, -0.05) is 17.3 Å². The first-order valence-corrected chi connectivity index (χ1v) is 9.26. The largest absolute Gasteiger partial charge is 0.455 e. The van der Waals surface area contributed by atoms with Gasteiger partial charge in [-0.3, -0.25) is 14.4 Å². The predicted octanol–water partition coefficient (Wildman–Crippen LogP) is 2.53. The van der Waals surface area contributed by atoms with Crippen LogP contribution in [0.15, 0.2) is 34.9 Å². The summed E-state index contributed by atoms with van der Waals surface area (Å²) in [6.45, 7) is 4.90. The molecular formula is C18H21N3O5S. The predicted molar refractivity (Wildman–Crippen MR) is 103 cm³/mol. The number of esters is 1. The van der Waals surface area contributed by atoms with Gasteiger partial charge >= 0.3 is 5.97 Å². The van der Waals surface area contributed by atoms with Gasteiger partial charge in [0.1, 0.15) is 5.76 Å². The van der Waals surface area contributed by atoms with Crippen LogP contribution >= 0.6 is 11.8 Å². The van der Waals surface area contributed by atoms with E-state index >= 15 is 0 Å². The normalized spacial score (nSPS) is 11.5. The standard InChI is InChI=1S/C18H21N3O5S/c1-11-5-4-6-14(7-11)19-16(22)9-25-17(23)10-27-13(3)18(24)20-15-8-12(2)26-21-15/h4-8,13H,9-10H2,1-3H3,(H,19,22)(H,20,21,24)/t13-/m0/s1. The zero-order valence-corrected chi connectivity index (χ0v) is 16.1. The number of amides is 2. The Morgan fingerprint density at radius 2 is 2.00 bits per heavy atom. The van der Waals surface area contributed by atoms with Gasteiger partial charge in [0, 0.05) is 11.8 Å². The van der Waals surface area contributed by atoms with Gasteiger partial charge in [-0.2, -0.15) is 0 Å². The van der Waals surface area contributed by atoms with Gasteiger partial charge in [-0.05, 0) is 38.5 Å². The fraction of sp³-hybridized carbons (Fsp3) is 0.333. The van der Waals surface area contributed by atoms with Crippen LogP contribution in [0.3, 0.4) is 0 Å². The first kappa shape index (κ1) is 20.5. The molecule has 0 spiro atoms. The summed E-state index contributed by atoms with van der Waals surface area (Å²) in [6, 6.07) is 8.89. The average Bonchev–Trinajstić information content (AvgIpc) is 3.02. The summed E-state index contributed by atoms with van der Waals surface area (Å²) in [5, 5.41) is 8.40. The quantitative estimate of drug-likeness (QED) is 0.665. The van der Waals surface area contributed by atoms with Crippen LogP contribution in [0.25, 0.3) is 0 Å². The van der Waals surface area contributed by atoms with Crippen molar-refractivity contribution in [2.75, 3.05) is 23.0 Å². The van der Waals surface area contributed by atoms with Gasteiger partial charge in [0.05, 0.1) is 11.0 Å². The van der Waals surface area contributed by atoms with Crippen molar-refractivity contribution >= 4 is 41.1 Å². The van der Waals surface area contributed by atoms with Crippen LogP contribution in [0.1, 0.15) is 18.2 Å². The van der Waals surface area contributed by atoms with Gasteiger partial charge < -0.3 is 19.9 Å².